The van der Waals surface area contributed by atoms with Crippen LogP contribution in [0.1, 0.15) is 48.8 Å². The highest BCUT2D eigenvalue weighted by Gasteiger charge is 2.04. The van der Waals surface area contributed by atoms with Crippen LogP contribution >= 0.6 is 0 Å². The molecule has 0 heterocycles. The molecule has 27 heavy (non-hydrogen) atoms. The molecule has 2 N–H and O–H groups in total. The van der Waals surface area contributed by atoms with Gasteiger partial charge in [-0.15, -0.1) is 0 Å². The lowest BCUT2D eigenvalue weighted by molar-refractivity contribution is -0.137. The predicted octanol–water partition coefficient (Wildman–Crippen LogP) is 4.17. The van der Waals surface area contributed by atoms with Crippen LogP contribution in [-0.4, -0.2) is 23.5 Å². The van der Waals surface area contributed by atoms with E-state index in [0.29, 0.717) is 12.8 Å². The van der Waals surface area contributed by atoms with E-state index in [4.69, 9.17) is 5.11 Å². The highest BCUT2D eigenvalue weighted by Crippen LogP contribution is 2.12. The van der Waals surface area contributed by atoms with Gasteiger partial charge in [0.1, 0.15) is 6.54 Å². The Hall–Kier alpha value is -2.62. The molecule has 0 saturated carbocycles. The van der Waals surface area contributed by atoms with Crippen molar-refractivity contribution in [2.75, 3.05) is 6.54 Å². The number of carbonyl (C=O) groups is 2. The molecular weight excluding hydrogens is 338 g/mol. The fourth-order valence-electron chi connectivity index (χ4n) is 3.05. The third-order valence-corrected chi connectivity index (χ3v) is 4.62. The van der Waals surface area contributed by atoms with Crippen LogP contribution in [0.25, 0.3) is 0 Å². The number of benzene rings is 2. The van der Waals surface area contributed by atoms with E-state index in [1.54, 1.807) is 0 Å². The van der Waals surface area contributed by atoms with Gasteiger partial charge in [0, 0.05) is 6.42 Å². The number of hydrogen-bond donors (Lipinski definition) is 2. The predicted molar refractivity (Wildman–Crippen MR) is 108 cm³/mol. The summed E-state index contributed by atoms with van der Waals surface area (Å²) >= 11 is 0. The van der Waals surface area contributed by atoms with Gasteiger partial charge in [-0.25, -0.2) is 0 Å². The van der Waals surface area contributed by atoms with E-state index >= 15 is 0 Å². The molecule has 0 aliphatic heterocycles. The molecule has 4 nitrogen and oxygen atoms in total. The average Bonchev–Trinajstić information content (AvgIpc) is 2.69. The van der Waals surface area contributed by atoms with Crippen LogP contribution in [0.15, 0.2) is 54.6 Å². The summed E-state index contributed by atoms with van der Waals surface area (Å²) in [6.07, 6.45) is 8.15. The molecule has 2 rings (SSSR count). The molecule has 0 fully saturated rings. The normalized spacial score (nSPS) is 10.5. The quantitative estimate of drug-likeness (QED) is 0.554. The third-order valence-electron chi connectivity index (χ3n) is 4.62. The van der Waals surface area contributed by atoms with Gasteiger partial charge in [-0.1, -0.05) is 67.4 Å². The van der Waals surface area contributed by atoms with Gasteiger partial charge in [-0.3, -0.25) is 9.59 Å². The number of carboxylic acids is 1. The van der Waals surface area contributed by atoms with Crippen LogP contribution in [0.5, 0.6) is 0 Å². The Morgan fingerprint density at radius 3 is 1.78 bits per heavy atom. The summed E-state index contributed by atoms with van der Waals surface area (Å²) < 4.78 is 0. The first-order valence-electron chi connectivity index (χ1n) is 9.74. The molecule has 2 aromatic rings. The Kier molecular flexibility index (Phi) is 9.11. The minimum atomic E-state index is -1.02. The van der Waals surface area contributed by atoms with Crippen molar-refractivity contribution in [1.29, 1.82) is 0 Å². The molecule has 0 unspecified atom stereocenters. The Balaban J connectivity index is 1.57. The molecule has 144 valence electrons. The fourth-order valence-corrected chi connectivity index (χ4v) is 3.05. The van der Waals surface area contributed by atoms with Gasteiger partial charge in [0.15, 0.2) is 0 Å². The van der Waals surface area contributed by atoms with Gasteiger partial charge in [-0.05, 0) is 48.8 Å². The summed E-state index contributed by atoms with van der Waals surface area (Å²) in [5.74, 6) is -1.25. The summed E-state index contributed by atoms with van der Waals surface area (Å²) in [6.45, 7) is -0.316. The number of nitrogens with one attached hydrogen (secondary N) is 1. The molecule has 0 aliphatic rings. The van der Waals surface area contributed by atoms with E-state index in [-0.39, 0.29) is 12.5 Å². The van der Waals surface area contributed by atoms with E-state index in [9.17, 15) is 9.59 Å². The van der Waals surface area contributed by atoms with Gasteiger partial charge >= 0.3 is 5.97 Å². The summed E-state index contributed by atoms with van der Waals surface area (Å²) in [5.41, 5.74) is 3.86. The SMILES string of the molecule is O=C(O)CNC(=O)CCc1ccc(CCCCCCc2ccccc2)cc1. The van der Waals surface area contributed by atoms with Gasteiger partial charge in [0.2, 0.25) is 5.91 Å². The Morgan fingerprint density at radius 2 is 1.22 bits per heavy atom. The number of amides is 1. The summed E-state index contributed by atoms with van der Waals surface area (Å²) in [7, 11) is 0. The third kappa shape index (κ3) is 9.04. The smallest absolute Gasteiger partial charge is 0.322 e. The van der Waals surface area contributed by atoms with Crippen LogP contribution in [0.4, 0.5) is 0 Å². The highest BCUT2D eigenvalue weighted by molar-refractivity contribution is 5.81. The van der Waals surface area contributed by atoms with Crippen LogP contribution < -0.4 is 5.32 Å². The van der Waals surface area contributed by atoms with E-state index in [1.165, 1.54) is 36.8 Å². The monoisotopic (exact) mass is 367 g/mol. The summed E-state index contributed by atoms with van der Waals surface area (Å²) in [6, 6.07) is 19.0. The first-order valence-corrected chi connectivity index (χ1v) is 9.74. The van der Waals surface area contributed by atoms with Crippen molar-refractivity contribution in [1.82, 2.24) is 5.32 Å². The number of carbonyl (C=O) groups excluding carboxylic acids is 1. The zero-order valence-electron chi connectivity index (χ0n) is 15.8. The van der Waals surface area contributed by atoms with Gasteiger partial charge < -0.3 is 10.4 Å². The average molecular weight is 367 g/mol. The zero-order valence-corrected chi connectivity index (χ0v) is 15.8. The molecule has 2 aromatic carbocycles. The van der Waals surface area contributed by atoms with Crippen molar-refractivity contribution >= 4 is 11.9 Å². The molecule has 0 spiro atoms. The van der Waals surface area contributed by atoms with E-state index in [1.807, 2.05) is 0 Å². The molecule has 4 heteroatoms. The number of hydrogen-bond acceptors (Lipinski definition) is 2. The van der Waals surface area contributed by atoms with Crippen LogP contribution in [0, 0.1) is 0 Å². The minimum absolute atomic E-state index is 0.225. The molecular formula is C23H29NO3. The maximum atomic E-state index is 11.5. The second-order valence-corrected chi connectivity index (χ2v) is 6.89. The molecule has 0 saturated heterocycles. The van der Waals surface area contributed by atoms with Crippen molar-refractivity contribution in [3.05, 3.63) is 71.3 Å². The van der Waals surface area contributed by atoms with Gasteiger partial charge in [0.05, 0.1) is 0 Å². The van der Waals surface area contributed by atoms with Crippen molar-refractivity contribution in [3.63, 3.8) is 0 Å². The Labute approximate surface area is 161 Å². The largest absolute Gasteiger partial charge is 0.480 e. The number of rotatable bonds is 12. The molecule has 0 aliphatic carbocycles. The molecule has 1 amide bonds. The molecule has 0 bridgehead atoms. The first-order chi connectivity index (χ1) is 13.1. The lowest BCUT2D eigenvalue weighted by Crippen LogP contribution is -2.29. The number of unbranched alkanes of at least 4 members (excludes halogenated alkanes) is 3. The Bertz CT molecular complexity index is 695. The van der Waals surface area contributed by atoms with Crippen molar-refractivity contribution in [2.45, 2.75) is 51.4 Å². The maximum Gasteiger partial charge on any atom is 0.322 e. The van der Waals surface area contributed by atoms with Gasteiger partial charge in [0.25, 0.3) is 0 Å². The number of carboxylic acid groups (broad SMARTS) is 1. The molecule has 0 radical (unpaired) electrons. The molecule has 0 aromatic heterocycles. The topological polar surface area (TPSA) is 66.4 Å². The van der Waals surface area contributed by atoms with E-state index in [0.717, 1.165) is 18.4 Å². The highest BCUT2D eigenvalue weighted by atomic mass is 16.4. The first kappa shape index (κ1) is 20.7. The van der Waals surface area contributed by atoms with Crippen LogP contribution in [0.2, 0.25) is 0 Å². The zero-order chi connectivity index (χ0) is 19.3. The second kappa shape index (κ2) is 11.9. The van der Waals surface area contributed by atoms with E-state index < -0.39 is 5.97 Å². The van der Waals surface area contributed by atoms with Crippen molar-refractivity contribution < 1.29 is 14.7 Å². The van der Waals surface area contributed by atoms with Gasteiger partial charge in [-0.2, -0.15) is 0 Å². The van der Waals surface area contributed by atoms with Crippen LogP contribution in [0.3, 0.4) is 0 Å². The van der Waals surface area contributed by atoms with Crippen molar-refractivity contribution in [2.24, 2.45) is 0 Å². The summed E-state index contributed by atoms with van der Waals surface area (Å²) in [5, 5.41) is 10.9. The molecule has 0 atom stereocenters. The number of aliphatic carboxylic acids is 1. The second-order valence-electron chi connectivity index (χ2n) is 6.89. The number of aryl methyl sites for hydroxylation is 3. The minimum Gasteiger partial charge on any atom is -0.480 e. The fraction of sp³-hybridized carbons (Fsp3) is 0.391. The lowest BCUT2D eigenvalue weighted by atomic mass is 10.0. The summed E-state index contributed by atoms with van der Waals surface area (Å²) in [4.78, 5) is 21.9. The standard InChI is InChI=1S/C23H29NO3/c25-22(24-18-23(26)27)17-16-21-14-12-20(13-15-21)11-5-2-1-4-8-19-9-6-3-7-10-19/h3,6-7,9-10,12-15H,1-2,4-5,8,11,16-18H2,(H,24,25)(H,26,27). The maximum absolute atomic E-state index is 11.5. The van der Waals surface area contributed by atoms with E-state index in [2.05, 4.69) is 59.9 Å². The van der Waals surface area contributed by atoms with Crippen molar-refractivity contribution in [3.8, 4) is 0 Å². The lowest BCUT2D eigenvalue weighted by Gasteiger charge is -2.06. The van der Waals surface area contributed by atoms with Crippen LogP contribution in [-0.2, 0) is 28.9 Å². The Morgan fingerprint density at radius 1 is 0.704 bits per heavy atom.